The Morgan fingerprint density at radius 2 is 1.16 bits per heavy atom. The van der Waals surface area contributed by atoms with Crippen molar-refractivity contribution < 1.29 is 24.6 Å². The second-order valence-electron chi connectivity index (χ2n) is 8.51. The van der Waals surface area contributed by atoms with E-state index in [2.05, 4.69) is 17.6 Å². The van der Waals surface area contributed by atoms with Crippen LogP contribution in [-0.4, -0.2) is 46.7 Å². The molecule has 0 saturated carbocycles. The lowest BCUT2D eigenvalue weighted by molar-refractivity contribution is -0.138. The molecule has 0 aliphatic heterocycles. The minimum atomic E-state index is -1.14. The monoisotopic (exact) mass is 442 g/mol. The van der Waals surface area contributed by atoms with Crippen molar-refractivity contribution in [3.63, 3.8) is 0 Å². The number of carbonyl (C=O) groups is 3. The van der Waals surface area contributed by atoms with E-state index in [9.17, 15) is 19.5 Å². The summed E-state index contributed by atoms with van der Waals surface area (Å²) in [7, 11) is 0. The smallest absolute Gasteiger partial charge is 0.322 e. The van der Waals surface area contributed by atoms with Gasteiger partial charge in [-0.3, -0.25) is 14.4 Å². The molecule has 0 aromatic carbocycles. The van der Waals surface area contributed by atoms with Gasteiger partial charge in [-0.25, -0.2) is 0 Å². The Bertz CT molecular complexity index is 485. The standard InChI is InChI=1S/C24H46N2O5/c1-3-5-7-8-9-10-11-12-13-14-15-16-18-21(27)24(31)26-20(17-6-4-2)23(30)25-19-22(28)29/h20-21,27H,3-19H2,1-2H3,(H,25,30)(H,26,31)(H,28,29)/t20?,21-/m0/s1. The highest BCUT2D eigenvalue weighted by atomic mass is 16.4. The summed E-state index contributed by atoms with van der Waals surface area (Å²) in [5.41, 5.74) is 0. The summed E-state index contributed by atoms with van der Waals surface area (Å²) >= 11 is 0. The predicted octanol–water partition coefficient (Wildman–Crippen LogP) is 4.31. The number of carboxylic acids is 1. The molecule has 0 saturated heterocycles. The number of unbranched alkanes of at least 4 members (excludes halogenated alkanes) is 12. The van der Waals surface area contributed by atoms with E-state index in [0.717, 1.165) is 32.1 Å². The first kappa shape index (κ1) is 29.4. The molecule has 0 aliphatic carbocycles. The lowest BCUT2D eigenvalue weighted by Gasteiger charge is -2.20. The Morgan fingerprint density at radius 1 is 0.677 bits per heavy atom. The van der Waals surface area contributed by atoms with Gasteiger partial charge in [0, 0.05) is 0 Å². The summed E-state index contributed by atoms with van der Waals surface area (Å²) < 4.78 is 0. The third kappa shape index (κ3) is 17.7. The number of carbonyl (C=O) groups excluding carboxylic acids is 2. The molecule has 7 nitrogen and oxygen atoms in total. The molecule has 4 N–H and O–H groups in total. The molecule has 0 rings (SSSR count). The van der Waals surface area contributed by atoms with Crippen LogP contribution in [0.5, 0.6) is 0 Å². The van der Waals surface area contributed by atoms with E-state index >= 15 is 0 Å². The Hall–Kier alpha value is -1.63. The highest BCUT2D eigenvalue weighted by molar-refractivity contribution is 5.90. The zero-order valence-corrected chi connectivity index (χ0v) is 19.8. The second-order valence-corrected chi connectivity index (χ2v) is 8.51. The van der Waals surface area contributed by atoms with Gasteiger partial charge in [-0.1, -0.05) is 104 Å². The van der Waals surface area contributed by atoms with E-state index in [-0.39, 0.29) is 0 Å². The molecule has 2 amide bonds. The average molecular weight is 443 g/mol. The molecule has 0 aromatic rings. The second kappa shape index (κ2) is 20.3. The van der Waals surface area contributed by atoms with E-state index in [1.54, 1.807) is 0 Å². The highest BCUT2D eigenvalue weighted by Crippen LogP contribution is 2.13. The van der Waals surface area contributed by atoms with Crippen LogP contribution < -0.4 is 10.6 Å². The van der Waals surface area contributed by atoms with Crippen molar-refractivity contribution in [2.24, 2.45) is 0 Å². The Morgan fingerprint density at radius 3 is 1.65 bits per heavy atom. The number of aliphatic hydroxyl groups excluding tert-OH is 1. The zero-order valence-electron chi connectivity index (χ0n) is 19.8. The van der Waals surface area contributed by atoms with E-state index in [4.69, 9.17) is 5.11 Å². The largest absolute Gasteiger partial charge is 0.480 e. The summed E-state index contributed by atoms with van der Waals surface area (Å²) in [5.74, 6) is -2.22. The van der Waals surface area contributed by atoms with Gasteiger partial charge in [0.15, 0.2) is 0 Å². The molecule has 0 spiro atoms. The first-order chi connectivity index (χ1) is 14.9. The van der Waals surface area contributed by atoms with E-state index in [1.165, 1.54) is 57.8 Å². The lowest BCUT2D eigenvalue weighted by Crippen LogP contribution is -2.50. The van der Waals surface area contributed by atoms with Crippen LogP contribution in [0.3, 0.4) is 0 Å². The third-order valence-electron chi connectivity index (χ3n) is 5.53. The quantitative estimate of drug-likeness (QED) is 0.198. The summed E-state index contributed by atoms with van der Waals surface area (Å²) in [4.78, 5) is 35.0. The molecule has 0 aliphatic rings. The molecule has 0 heterocycles. The topological polar surface area (TPSA) is 116 Å². The normalized spacial score (nSPS) is 12.9. The van der Waals surface area contributed by atoms with Crippen LogP contribution in [0.4, 0.5) is 0 Å². The van der Waals surface area contributed by atoms with Crippen LogP contribution in [0.15, 0.2) is 0 Å². The number of carboxylic acid groups (broad SMARTS) is 1. The molecule has 31 heavy (non-hydrogen) atoms. The maximum Gasteiger partial charge on any atom is 0.322 e. The maximum absolute atomic E-state index is 12.2. The summed E-state index contributed by atoms with van der Waals surface area (Å²) in [6, 6.07) is -0.816. The van der Waals surface area contributed by atoms with Gasteiger partial charge in [-0.05, 0) is 12.8 Å². The Balaban J connectivity index is 3.94. The van der Waals surface area contributed by atoms with Crippen molar-refractivity contribution in [2.45, 2.75) is 129 Å². The van der Waals surface area contributed by atoms with Crippen LogP contribution in [0, 0.1) is 0 Å². The first-order valence-corrected chi connectivity index (χ1v) is 12.4. The highest BCUT2D eigenvalue weighted by Gasteiger charge is 2.24. The van der Waals surface area contributed by atoms with Crippen LogP contribution in [0.25, 0.3) is 0 Å². The van der Waals surface area contributed by atoms with Crippen molar-refractivity contribution in [2.75, 3.05) is 6.54 Å². The minimum Gasteiger partial charge on any atom is -0.480 e. The van der Waals surface area contributed by atoms with E-state index in [1.807, 2.05) is 6.92 Å². The Labute approximate surface area is 188 Å². The summed E-state index contributed by atoms with van der Waals surface area (Å²) in [6.45, 7) is 3.72. The van der Waals surface area contributed by atoms with Gasteiger partial charge >= 0.3 is 5.97 Å². The van der Waals surface area contributed by atoms with Crippen LogP contribution in [-0.2, 0) is 14.4 Å². The molecule has 1 unspecified atom stereocenters. The average Bonchev–Trinajstić information content (AvgIpc) is 2.75. The number of nitrogens with one attached hydrogen (secondary N) is 2. The molecule has 0 bridgehead atoms. The van der Waals surface area contributed by atoms with E-state index in [0.29, 0.717) is 12.8 Å². The van der Waals surface area contributed by atoms with Crippen molar-refractivity contribution in [1.29, 1.82) is 0 Å². The van der Waals surface area contributed by atoms with Crippen molar-refractivity contribution in [3.05, 3.63) is 0 Å². The van der Waals surface area contributed by atoms with Gasteiger partial charge in [0.1, 0.15) is 18.7 Å². The Kier molecular flexibility index (Phi) is 19.2. The molecule has 0 aromatic heterocycles. The van der Waals surface area contributed by atoms with Gasteiger partial charge in [-0.15, -0.1) is 0 Å². The van der Waals surface area contributed by atoms with Crippen LogP contribution in [0.2, 0.25) is 0 Å². The van der Waals surface area contributed by atoms with Gasteiger partial charge in [-0.2, -0.15) is 0 Å². The molecule has 2 atom stereocenters. The molecular formula is C24H46N2O5. The van der Waals surface area contributed by atoms with Gasteiger partial charge in [0.05, 0.1) is 0 Å². The fourth-order valence-corrected chi connectivity index (χ4v) is 3.54. The van der Waals surface area contributed by atoms with Gasteiger partial charge in [0.25, 0.3) is 0 Å². The van der Waals surface area contributed by atoms with Crippen molar-refractivity contribution >= 4 is 17.8 Å². The molecule has 0 radical (unpaired) electrons. The molecule has 0 fully saturated rings. The minimum absolute atomic E-state index is 0.376. The number of aliphatic carboxylic acids is 1. The van der Waals surface area contributed by atoms with E-state index < -0.39 is 36.5 Å². The fourth-order valence-electron chi connectivity index (χ4n) is 3.54. The SMILES string of the molecule is CCCCCCCCCCCCCC[C@H](O)C(=O)NC(CCCC)C(=O)NCC(=O)O. The predicted molar refractivity (Wildman–Crippen MR) is 124 cm³/mol. The number of hydrogen-bond donors (Lipinski definition) is 4. The number of rotatable bonds is 21. The van der Waals surface area contributed by atoms with Crippen molar-refractivity contribution in [3.8, 4) is 0 Å². The first-order valence-electron chi connectivity index (χ1n) is 12.4. The molecular weight excluding hydrogens is 396 g/mol. The van der Waals surface area contributed by atoms with Crippen molar-refractivity contribution in [1.82, 2.24) is 10.6 Å². The maximum atomic E-state index is 12.2. The zero-order chi connectivity index (χ0) is 23.3. The summed E-state index contributed by atoms with van der Waals surface area (Å²) in [6.07, 6.45) is 15.8. The number of amides is 2. The third-order valence-corrected chi connectivity index (χ3v) is 5.53. The lowest BCUT2D eigenvalue weighted by atomic mass is 10.0. The van der Waals surface area contributed by atoms with Crippen LogP contribution in [0.1, 0.15) is 117 Å². The van der Waals surface area contributed by atoms with Crippen LogP contribution >= 0.6 is 0 Å². The molecule has 7 heteroatoms. The van der Waals surface area contributed by atoms with Gasteiger partial charge < -0.3 is 20.8 Å². The van der Waals surface area contributed by atoms with Gasteiger partial charge in [0.2, 0.25) is 11.8 Å². The molecule has 182 valence electrons. The number of hydrogen-bond acceptors (Lipinski definition) is 4. The summed E-state index contributed by atoms with van der Waals surface area (Å²) in [5, 5.41) is 23.7. The fraction of sp³-hybridized carbons (Fsp3) is 0.875. The number of aliphatic hydroxyl groups is 1.